The van der Waals surface area contributed by atoms with Crippen molar-refractivity contribution in [3.05, 3.63) is 39.8 Å². The second-order valence-corrected chi connectivity index (χ2v) is 9.82. The van der Waals surface area contributed by atoms with Gasteiger partial charge in [-0.2, -0.15) is 26.3 Å². The van der Waals surface area contributed by atoms with Gasteiger partial charge >= 0.3 is 18.4 Å². The Morgan fingerprint density at radius 2 is 1.73 bits per heavy atom. The highest BCUT2D eigenvalue weighted by molar-refractivity contribution is 6.01. The molecule has 0 spiro atoms. The predicted molar refractivity (Wildman–Crippen MR) is 117 cm³/mol. The van der Waals surface area contributed by atoms with Crippen LogP contribution in [0.4, 0.5) is 35.5 Å². The van der Waals surface area contributed by atoms with Crippen molar-refractivity contribution < 1.29 is 44.7 Å². The molecule has 1 aliphatic rings. The Labute approximate surface area is 204 Å². The number of ether oxygens (including phenoxy) is 1. The van der Waals surface area contributed by atoms with Gasteiger partial charge in [0.25, 0.3) is 0 Å². The summed E-state index contributed by atoms with van der Waals surface area (Å²) in [5.41, 5.74) is -4.08. The molecule has 4 rings (SSSR count). The van der Waals surface area contributed by atoms with Gasteiger partial charge in [-0.15, -0.1) is 0 Å². The van der Waals surface area contributed by atoms with E-state index in [1.54, 1.807) is 20.8 Å². The van der Waals surface area contributed by atoms with Gasteiger partial charge in [0.2, 0.25) is 5.82 Å². The standard InChI is InChI=1S/C23H22F7N3O4/c1-21(2,3)37-20(35)32-6-4-11(5-7-32)15-9-14(34)12-8-13(24)16-17(18(12)36-15)33(10-22(25,26)27)19(31-16)23(28,29)30/h8-9,11H,4-7,10H2,1-3H3. The average molecular weight is 537 g/mol. The number of hydrogen-bond donors (Lipinski definition) is 0. The molecule has 0 bridgehead atoms. The topological polar surface area (TPSA) is 77.6 Å². The summed E-state index contributed by atoms with van der Waals surface area (Å²) in [6, 6.07) is 1.64. The summed E-state index contributed by atoms with van der Waals surface area (Å²) in [5, 5.41) is -0.517. The highest BCUT2D eigenvalue weighted by Crippen LogP contribution is 2.38. The van der Waals surface area contributed by atoms with Crippen LogP contribution in [0.1, 0.15) is 51.1 Å². The predicted octanol–water partition coefficient (Wildman–Crippen LogP) is 5.98. The average Bonchev–Trinajstić information content (AvgIpc) is 3.12. The van der Waals surface area contributed by atoms with Crippen molar-refractivity contribution in [3.8, 4) is 0 Å². The van der Waals surface area contributed by atoms with Gasteiger partial charge in [0.15, 0.2) is 16.8 Å². The number of likely N-dealkylation sites (tertiary alicyclic amines) is 1. The number of halogens is 7. The largest absolute Gasteiger partial charge is 0.458 e. The quantitative estimate of drug-likeness (QED) is 0.376. The molecule has 202 valence electrons. The van der Waals surface area contributed by atoms with Crippen molar-refractivity contribution in [1.82, 2.24) is 14.5 Å². The highest BCUT2D eigenvalue weighted by atomic mass is 19.4. The van der Waals surface area contributed by atoms with Crippen LogP contribution in [0, 0.1) is 5.82 Å². The van der Waals surface area contributed by atoms with Crippen LogP contribution in [0.3, 0.4) is 0 Å². The lowest BCUT2D eigenvalue weighted by atomic mass is 9.94. The van der Waals surface area contributed by atoms with E-state index in [4.69, 9.17) is 9.15 Å². The van der Waals surface area contributed by atoms with E-state index < -0.39 is 75.6 Å². The summed E-state index contributed by atoms with van der Waals surface area (Å²) in [7, 11) is 0. The van der Waals surface area contributed by atoms with E-state index in [0.29, 0.717) is 6.07 Å². The van der Waals surface area contributed by atoms with Crippen molar-refractivity contribution in [1.29, 1.82) is 0 Å². The Balaban J connectivity index is 1.80. The number of fused-ring (bicyclic) bond motifs is 3. The monoisotopic (exact) mass is 537 g/mol. The molecule has 1 aliphatic heterocycles. The Morgan fingerprint density at radius 1 is 1.11 bits per heavy atom. The van der Waals surface area contributed by atoms with Crippen LogP contribution in [0.15, 0.2) is 21.3 Å². The van der Waals surface area contributed by atoms with Gasteiger partial charge in [-0.05, 0) is 39.7 Å². The zero-order valence-electron chi connectivity index (χ0n) is 19.9. The summed E-state index contributed by atoms with van der Waals surface area (Å²) in [4.78, 5) is 29.6. The zero-order chi connectivity index (χ0) is 27.5. The third-order valence-corrected chi connectivity index (χ3v) is 5.82. The normalized spacial score (nSPS) is 16.1. The first-order valence-corrected chi connectivity index (χ1v) is 11.2. The van der Waals surface area contributed by atoms with Gasteiger partial charge < -0.3 is 18.6 Å². The van der Waals surface area contributed by atoms with E-state index in [9.17, 15) is 40.3 Å². The SMILES string of the molecule is CC(C)(C)OC(=O)N1CCC(c2cc(=O)c3cc(F)c4nc(C(F)(F)F)n(CC(F)(F)F)c4c3o2)CC1. The van der Waals surface area contributed by atoms with Crippen molar-refractivity contribution in [2.75, 3.05) is 13.1 Å². The fourth-order valence-electron chi connectivity index (χ4n) is 4.30. The number of piperidine rings is 1. The van der Waals surface area contributed by atoms with Gasteiger partial charge in [-0.3, -0.25) is 4.79 Å². The molecule has 0 N–H and O–H groups in total. The number of imidazole rings is 1. The molecule has 1 amide bonds. The first-order valence-electron chi connectivity index (χ1n) is 11.2. The van der Waals surface area contributed by atoms with Crippen molar-refractivity contribution in [3.63, 3.8) is 0 Å². The summed E-state index contributed by atoms with van der Waals surface area (Å²) in [6.45, 7) is 3.42. The number of amides is 1. The molecule has 0 aliphatic carbocycles. The summed E-state index contributed by atoms with van der Waals surface area (Å²) in [6.07, 6.45) is -10.4. The lowest BCUT2D eigenvalue weighted by molar-refractivity contribution is -0.160. The number of carbonyl (C=O) groups is 1. The molecular formula is C23H22F7N3O4. The minimum Gasteiger partial charge on any atom is -0.458 e. The Morgan fingerprint density at radius 3 is 2.27 bits per heavy atom. The summed E-state index contributed by atoms with van der Waals surface area (Å²) < 4.78 is 106. The van der Waals surface area contributed by atoms with Crippen LogP contribution in [0.2, 0.25) is 0 Å². The zero-order valence-corrected chi connectivity index (χ0v) is 19.9. The Bertz CT molecular complexity index is 1410. The molecule has 1 aromatic carbocycles. The maximum atomic E-state index is 14.6. The van der Waals surface area contributed by atoms with Gasteiger partial charge in [-0.25, -0.2) is 14.2 Å². The molecule has 2 aromatic heterocycles. The second kappa shape index (κ2) is 8.91. The molecule has 3 heterocycles. The van der Waals surface area contributed by atoms with Crippen molar-refractivity contribution >= 4 is 28.1 Å². The van der Waals surface area contributed by atoms with Crippen molar-refractivity contribution in [2.45, 2.75) is 64.0 Å². The number of rotatable bonds is 2. The minimum absolute atomic E-state index is 0.00237. The van der Waals surface area contributed by atoms with E-state index in [1.165, 1.54) is 4.90 Å². The van der Waals surface area contributed by atoms with Gasteiger partial charge in [-0.1, -0.05) is 0 Å². The third-order valence-electron chi connectivity index (χ3n) is 5.82. The fraction of sp³-hybridized carbons (Fsp3) is 0.522. The van der Waals surface area contributed by atoms with Crippen LogP contribution in [-0.2, 0) is 17.5 Å². The number of carbonyl (C=O) groups excluding carboxylic acids is 1. The van der Waals surface area contributed by atoms with Crippen LogP contribution in [-0.4, -0.2) is 45.4 Å². The molecule has 0 unspecified atom stereocenters. The number of hydrogen-bond acceptors (Lipinski definition) is 5. The van der Waals surface area contributed by atoms with Crippen LogP contribution in [0.25, 0.3) is 22.0 Å². The Hall–Kier alpha value is -3.32. The van der Waals surface area contributed by atoms with E-state index in [1.807, 2.05) is 0 Å². The smallest absolute Gasteiger partial charge is 0.449 e. The van der Waals surface area contributed by atoms with Gasteiger partial charge in [0.05, 0.1) is 5.39 Å². The maximum Gasteiger partial charge on any atom is 0.449 e. The van der Waals surface area contributed by atoms with E-state index >= 15 is 0 Å². The number of alkyl halides is 6. The number of aromatic nitrogens is 2. The molecule has 1 fully saturated rings. The summed E-state index contributed by atoms with van der Waals surface area (Å²) in [5.74, 6) is -3.83. The third kappa shape index (κ3) is 5.52. The maximum absolute atomic E-state index is 14.6. The molecule has 37 heavy (non-hydrogen) atoms. The molecule has 0 atom stereocenters. The number of benzene rings is 1. The first-order chi connectivity index (χ1) is 16.9. The van der Waals surface area contributed by atoms with Crippen LogP contribution >= 0.6 is 0 Å². The molecule has 7 nitrogen and oxygen atoms in total. The van der Waals surface area contributed by atoms with Crippen molar-refractivity contribution in [2.24, 2.45) is 0 Å². The number of nitrogens with zero attached hydrogens (tertiary/aromatic N) is 3. The van der Waals surface area contributed by atoms with Gasteiger partial charge in [0, 0.05) is 25.1 Å². The van der Waals surface area contributed by atoms with Crippen LogP contribution < -0.4 is 5.43 Å². The summed E-state index contributed by atoms with van der Waals surface area (Å²) >= 11 is 0. The van der Waals surface area contributed by atoms with Crippen LogP contribution in [0.5, 0.6) is 0 Å². The fourth-order valence-corrected chi connectivity index (χ4v) is 4.30. The van der Waals surface area contributed by atoms with E-state index in [-0.39, 0.29) is 36.3 Å². The highest BCUT2D eigenvalue weighted by Gasteiger charge is 2.42. The molecule has 3 aromatic rings. The molecular weight excluding hydrogens is 515 g/mol. The molecule has 0 saturated carbocycles. The molecule has 14 heteroatoms. The van der Waals surface area contributed by atoms with E-state index in [0.717, 1.165) is 6.07 Å². The molecule has 0 radical (unpaired) electrons. The second-order valence-electron chi connectivity index (χ2n) is 9.82. The van der Waals surface area contributed by atoms with E-state index in [2.05, 4.69) is 4.98 Å². The van der Waals surface area contributed by atoms with Gasteiger partial charge in [0.1, 0.15) is 28.9 Å². The minimum atomic E-state index is -5.34. The Kier molecular flexibility index (Phi) is 6.44. The lowest BCUT2D eigenvalue weighted by Crippen LogP contribution is -2.41. The first kappa shape index (κ1) is 26.7. The lowest BCUT2D eigenvalue weighted by Gasteiger charge is -2.33. The molecule has 1 saturated heterocycles.